The molecule has 0 saturated carbocycles. The molecule has 2 aromatic carbocycles. The number of carbonyl (C=O) groups is 1. The van der Waals surface area contributed by atoms with Crippen LogP contribution in [0, 0.1) is 13.8 Å². The number of rotatable bonds is 5. The van der Waals surface area contributed by atoms with Gasteiger partial charge in [-0.05, 0) is 62.7 Å². The molecule has 0 aliphatic carbocycles. The van der Waals surface area contributed by atoms with Crippen LogP contribution in [0.1, 0.15) is 23.4 Å². The van der Waals surface area contributed by atoms with E-state index in [9.17, 15) is 13.2 Å². The largest absolute Gasteiger partial charge is 0.326 e. The molecule has 0 atom stereocenters. The lowest BCUT2D eigenvalue weighted by molar-refractivity contribution is -0.115. The summed E-state index contributed by atoms with van der Waals surface area (Å²) in [5.41, 5.74) is 4.51. The SMILES string of the molecule is Cc1nn(-c2ccc(Cl)cc2)c(C)c1CC(=O)Nc1cccc(N2CCCS2(=O)=O)c1. The molecule has 1 N–H and O–H groups in total. The van der Waals surface area contributed by atoms with Crippen molar-refractivity contribution < 1.29 is 13.2 Å². The normalized spacial score (nSPS) is 15.3. The summed E-state index contributed by atoms with van der Waals surface area (Å²) in [6.45, 7) is 4.26. The van der Waals surface area contributed by atoms with Gasteiger partial charge in [0.25, 0.3) is 0 Å². The maximum absolute atomic E-state index is 12.7. The van der Waals surface area contributed by atoms with Crippen molar-refractivity contribution in [3.05, 3.63) is 70.5 Å². The van der Waals surface area contributed by atoms with Crippen LogP contribution in [0.5, 0.6) is 0 Å². The molecular weight excluding hydrogens is 436 g/mol. The van der Waals surface area contributed by atoms with Gasteiger partial charge in [0.2, 0.25) is 15.9 Å². The molecule has 0 radical (unpaired) electrons. The zero-order valence-electron chi connectivity index (χ0n) is 17.3. The minimum Gasteiger partial charge on any atom is -0.326 e. The Morgan fingerprint density at radius 1 is 1.13 bits per heavy atom. The van der Waals surface area contributed by atoms with Crippen molar-refractivity contribution in [3.8, 4) is 5.69 Å². The van der Waals surface area contributed by atoms with E-state index >= 15 is 0 Å². The zero-order valence-corrected chi connectivity index (χ0v) is 18.9. The van der Waals surface area contributed by atoms with Crippen molar-refractivity contribution in [2.24, 2.45) is 0 Å². The van der Waals surface area contributed by atoms with Crippen molar-refractivity contribution in [3.63, 3.8) is 0 Å². The lowest BCUT2D eigenvalue weighted by Crippen LogP contribution is -2.25. The topological polar surface area (TPSA) is 84.3 Å². The first kappa shape index (κ1) is 21.4. The summed E-state index contributed by atoms with van der Waals surface area (Å²) in [7, 11) is -3.27. The number of amides is 1. The van der Waals surface area contributed by atoms with E-state index in [4.69, 9.17) is 11.6 Å². The number of nitrogens with zero attached hydrogens (tertiary/aromatic N) is 3. The number of carbonyl (C=O) groups excluding carboxylic acids is 1. The number of anilines is 2. The molecule has 7 nitrogen and oxygen atoms in total. The van der Waals surface area contributed by atoms with E-state index in [1.807, 2.05) is 26.0 Å². The Bertz CT molecular complexity index is 1240. The van der Waals surface area contributed by atoms with Crippen LogP contribution >= 0.6 is 11.6 Å². The number of sulfonamides is 1. The molecule has 0 bridgehead atoms. The monoisotopic (exact) mass is 458 g/mol. The van der Waals surface area contributed by atoms with Crippen LogP contribution in [0.2, 0.25) is 5.02 Å². The van der Waals surface area contributed by atoms with E-state index in [2.05, 4.69) is 10.4 Å². The Kier molecular flexibility index (Phi) is 5.77. The fourth-order valence-electron chi connectivity index (χ4n) is 3.80. The highest BCUT2D eigenvalue weighted by Crippen LogP contribution is 2.27. The second-order valence-electron chi connectivity index (χ2n) is 7.55. The van der Waals surface area contributed by atoms with Gasteiger partial charge in [0, 0.05) is 28.5 Å². The summed E-state index contributed by atoms with van der Waals surface area (Å²) >= 11 is 5.97. The predicted molar refractivity (Wildman–Crippen MR) is 123 cm³/mol. The minimum atomic E-state index is -3.27. The lowest BCUT2D eigenvalue weighted by atomic mass is 10.1. The van der Waals surface area contributed by atoms with Gasteiger partial charge in [-0.2, -0.15) is 5.10 Å². The molecule has 1 amide bonds. The van der Waals surface area contributed by atoms with Crippen molar-refractivity contribution in [2.75, 3.05) is 21.9 Å². The van der Waals surface area contributed by atoms with Crippen molar-refractivity contribution in [1.29, 1.82) is 0 Å². The van der Waals surface area contributed by atoms with Crippen LogP contribution in [0.15, 0.2) is 48.5 Å². The second-order valence-corrected chi connectivity index (χ2v) is 10.0. The highest BCUT2D eigenvalue weighted by Gasteiger charge is 2.28. The van der Waals surface area contributed by atoms with Gasteiger partial charge in [-0.25, -0.2) is 13.1 Å². The number of hydrogen-bond donors (Lipinski definition) is 1. The number of hydrogen-bond acceptors (Lipinski definition) is 4. The number of nitrogens with one attached hydrogen (secondary N) is 1. The molecule has 0 unspecified atom stereocenters. The van der Waals surface area contributed by atoms with Crippen LogP contribution in [0.25, 0.3) is 5.69 Å². The molecule has 162 valence electrons. The number of halogens is 1. The Hall–Kier alpha value is -2.84. The molecular formula is C22H23ClN4O3S. The van der Waals surface area contributed by atoms with Crippen LogP contribution in [0.4, 0.5) is 11.4 Å². The van der Waals surface area contributed by atoms with Gasteiger partial charge in [0.05, 0.1) is 29.2 Å². The molecule has 4 rings (SSSR count). The van der Waals surface area contributed by atoms with Gasteiger partial charge in [0.15, 0.2) is 0 Å². The van der Waals surface area contributed by atoms with Crippen molar-refractivity contribution in [2.45, 2.75) is 26.7 Å². The lowest BCUT2D eigenvalue weighted by Gasteiger charge is -2.17. The van der Waals surface area contributed by atoms with Gasteiger partial charge in [-0.15, -0.1) is 0 Å². The van der Waals surface area contributed by atoms with E-state index in [1.54, 1.807) is 41.1 Å². The van der Waals surface area contributed by atoms with Crippen LogP contribution in [-0.4, -0.2) is 36.4 Å². The number of aromatic nitrogens is 2. The Morgan fingerprint density at radius 2 is 1.87 bits per heavy atom. The molecule has 2 heterocycles. The summed E-state index contributed by atoms with van der Waals surface area (Å²) in [6, 6.07) is 14.3. The Morgan fingerprint density at radius 3 is 2.55 bits per heavy atom. The molecule has 1 fully saturated rings. The van der Waals surface area contributed by atoms with E-state index in [1.165, 1.54) is 4.31 Å². The van der Waals surface area contributed by atoms with E-state index in [0.717, 1.165) is 22.6 Å². The van der Waals surface area contributed by atoms with Crippen LogP contribution < -0.4 is 9.62 Å². The molecule has 1 aliphatic heterocycles. The Balaban J connectivity index is 1.51. The first-order valence-electron chi connectivity index (χ1n) is 9.96. The highest BCUT2D eigenvalue weighted by atomic mass is 35.5. The molecule has 1 saturated heterocycles. The Labute approximate surface area is 186 Å². The first-order valence-corrected chi connectivity index (χ1v) is 11.9. The quantitative estimate of drug-likeness (QED) is 0.629. The zero-order chi connectivity index (χ0) is 22.2. The third kappa shape index (κ3) is 4.45. The molecule has 1 aliphatic rings. The number of aryl methyl sites for hydroxylation is 1. The average molecular weight is 459 g/mol. The third-order valence-corrected chi connectivity index (χ3v) is 7.49. The summed E-state index contributed by atoms with van der Waals surface area (Å²) in [6.07, 6.45) is 0.770. The molecule has 9 heteroatoms. The number of benzene rings is 2. The van der Waals surface area contributed by atoms with Gasteiger partial charge in [-0.1, -0.05) is 17.7 Å². The minimum absolute atomic E-state index is 0.153. The van der Waals surface area contributed by atoms with Crippen molar-refractivity contribution >= 4 is 38.9 Å². The fourth-order valence-corrected chi connectivity index (χ4v) is 5.48. The maximum atomic E-state index is 12.7. The first-order chi connectivity index (χ1) is 14.7. The van der Waals surface area contributed by atoms with Gasteiger partial charge in [0.1, 0.15) is 0 Å². The average Bonchev–Trinajstić information content (AvgIpc) is 3.22. The standard InChI is InChI=1S/C22H23ClN4O3S/c1-15-21(16(2)27(25-15)19-9-7-17(23)8-10-19)14-22(28)24-18-5-3-6-20(13-18)26-11-4-12-31(26,29)30/h3,5-10,13H,4,11-12,14H2,1-2H3,(H,24,28). The van der Waals surface area contributed by atoms with Gasteiger partial charge >= 0.3 is 0 Å². The molecule has 31 heavy (non-hydrogen) atoms. The van der Waals surface area contributed by atoms with Crippen LogP contribution in [0.3, 0.4) is 0 Å². The van der Waals surface area contributed by atoms with E-state index in [0.29, 0.717) is 29.4 Å². The maximum Gasteiger partial charge on any atom is 0.235 e. The molecule has 3 aromatic rings. The summed E-state index contributed by atoms with van der Waals surface area (Å²) in [5, 5.41) is 8.10. The molecule has 0 spiro atoms. The van der Waals surface area contributed by atoms with E-state index < -0.39 is 10.0 Å². The summed E-state index contributed by atoms with van der Waals surface area (Å²) in [4.78, 5) is 12.7. The third-order valence-electron chi connectivity index (χ3n) is 5.37. The molecule has 1 aromatic heterocycles. The van der Waals surface area contributed by atoms with Gasteiger partial charge in [-0.3, -0.25) is 9.10 Å². The smallest absolute Gasteiger partial charge is 0.235 e. The second kappa shape index (κ2) is 8.36. The highest BCUT2D eigenvalue weighted by molar-refractivity contribution is 7.93. The predicted octanol–water partition coefficient (Wildman–Crippen LogP) is 3.86. The van der Waals surface area contributed by atoms with Gasteiger partial charge < -0.3 is 5.32 Å². The summed E-state index contributed by atoms with van der Waals surface area (Å²) < 4.78 is 27.5. The van der Waals surface area contributed by atoms with Crippen molar-refractivity contribution in [1.82, 2.24) is 9.78 Å². The fraction of sp³-hybridized carbons (Fsp3) is 0.273. The summed E-state index contributed by atoms with van der Waals surface area (Å²) in [5.74, 6) is -0.0389. The van der Waals surface area contributed by atoms with Crippen LogP contribution in [-0.2, 0) is 21.2 Å². The van der Waals surface area contributed by atoms with E-state index in [-0.39, 0.29) is 18.1 Å².